The number of thiophene rings is 1. The Hall–Kier alpha value is -1.72. The smallest absolute Gasteiger partial charge is 0.230 e. The minimum Gasteiger partial charge on any atom is -0.350 e. The summed E-state index contributed by atoms with van der Waals surface area (Å²) in [4.78, 5) is 14.4. The molecular formula is C17H18N2OS2. The fraction of sp³-hybridized carbons (Fsp3) is 0.235. The van der Waals surface area contributed by atoms with Crippen LogP contribution in [0.4, 0.5) is 0 Å². The fourth-order valence-electron chi connectivity index (χ4n) is 2.38. The van der Waals surface area contributed by atoms with E-state index in [-0.39, 0.29) is 5.91 Å². The van der Waals surface area contributed by atoms with Gasteiger partial charge in [0, 0.05) is 33.9 Å². The lowest BCUT2D eigenvalue weighted by atomic mass is 10.2. The number of thioether (sulfide) groups is 1. The van der Waals surface area contributed by atoms with Gasteiger partial charge in [0.15, 0.2) is 0 Å². The average molecular weight is 330 g/mol. The van der Waals surface area contributed by atoms with E-state index in [4.69, 9.17) is 0 Å². The van der Waals surface area contributed by atoms with Crippen molar-refractivity contribution in [3.63, 3.8) is 0 Å². The molecule has 0 fully saturated rings. The number of nitrogens with zero attached hydrogens (tertiary/aromatic N) is 1. The summed E-state index contributed by atoms with van der Waals surface area (Å²) in [7, 11) is 2.03. The van der Waals surface area contributed by atoms with Crippen molar-refractivity contribution in [3.8, 4) is 0 Å². The highest BCUT2D eigenvalue weighted by Gasteiger charge is 2.09. The Morgan fingerprint density at radius 3 is 2.91 bits per heavy atom. The lowest BCUT2D eigenvalue weighted by Gasteiger charge is -2.04. The van der Waals surface area contributed by atoms with Gasteiger partial charge in [0.25, 0.3) is 0 Å². The number of rotatable bonds is 5. The molecule has 5 heteroatoms. The van der Waals surface area contributed by atoms with Crippen LogP contribution in [0.5, 0.6) is 0 Å². The lowest BCUT2D eigenvalue weighted by molar-refractivity contribution is -0.118. The molecule has 2 aromatic heterocycles. The van der Waals surface area contributed by atoms with Gasteiger partial charge in [0.1, 0.15) is 0 Å². The zero-order chi connectivity index (χ0) is 15.5. The van der Waals surface area contributed by atoms with Gasteiger partial charge in [0.2, 0.25) is 5.91 Å². The van der Waals surface area contributed by atoms with E-state index in [2.05, 4.69) is 46.6 Å². The van der Waals surface area contributed by atoms with E-state index in [9.17, 15) is 4.79 Å². The largest absolute Gasteiger partial charge is 0.350 e. The quantitative estimate of drug-likeness (QED) is 0.719. The van der Waals surface area contributed by atoms with Crippen LogP contribution in [0.15, 0.2) is 46.8 Å². The van der Waals surface area contributed by atoms with Crippen molar-refractivity contribution in [3.05, 3.63) is 52.3 Å². The Morgan fingerprint density at radius 2 is 2.14 bits per heavy atom. The topological polar surface area (TPSA) is 34.0 Å². The van der Waals surface area contributed by atoms with Crippen molar-refractivity contribution in [2.24, 2.45) is 7.05 Å². The molecule has 3 aromatic rings. The molecule has 3 nitrogen and oxygen atoms in total. The van der Waals surface area contributed by atoms with Gasteiger partial charge in [-0.05, 0) is 30.0 Å². The molecule has 2 heterocycles. The first-order valence-electron chi connectivity index (χ1n) is 7.11. The van der Waals surface area contributed by atoms with Crippen LogP contribution in [0.1, 0.15) is 10.4 Å². The number of aryl methyl sites for hydroxylation is 2. The number of hydrogen-bond acceptors (Lipinski definition) is 3. The van der Waals surface area contributed by atoms with Crippen LogP contribution in [-0.2, 0) is 18.4 Å². The molecule has 0 bridgehead atoms. The zero-order valence-corrected chi connectivity index (χ0v) is 14.3. The van der Waals surface area contributed by atoms with Crippen LogP contribution in [0.25, 0.3) is 10.9 Å². The number of fused-ring (bicyclic) bond motifs is 1. The van der Waals surface area contributed by atoms with Gasteiger partial charge in [-0.1, -0.05) is 18.2 Å². The molecule has 0 unspecified atom stereocenters. The molecule has 0 saturated carbocycles. The second kappa shape index (κ2) is 6.58. The van der Waals surface area contributed by atoms with Crippen molar-refractivity contribution in [1.82, 2.24) is 9.88 Å². The fourth-order valence-corrected chi connectivity index (χ4v) is 4.17. The van der Waals surface area contributed by atoms with Crippen molar-refractivity contribution >= 4 is 39.9 Å². The van der Waals surface area contributed by atoms with Crippen LogP contribution in [0, 0.1) is 6.92 Å². The standard InChI is InChI=1S/C17H18N2OS2/c1-12-7-8-21-15(12)9-18-17(20)11-22-16-10-19(2)14-6-4-3-5-13(14)16/h3-8,10H,9,11H2,1-2H3,(H,18,20). The Morgan fingerprint density at radius 1 is 1.32 bits per heavy atom. The zero-order valence-electron chi connectivity index (χ0n) is 12.6. The van der Waals surface area contributed by atoms with Crippen molar-refractivity contribution in [1.29, 1.82) is 0 Å². The molecular weight excluding hydrogens is 312 g/mol. The third-order valence-corrected chi connectivity index (χ3v) is 5.70. The van der Waals surface area contributed by atoms with E-state index in [1.165, 1.54) is 21.3 Å². The van der Waals surface area contributed by atoms with Gasteiger partial charge in [-0.15, -0.1) is 23.1 Å². The molecule has 0 saturated heterocycles. The molecule has 1 aromatic carbocycles. The molecule has 1 amide bonds. The average Bonchev–Trinajstić information content (AvgIpc) is 3.07. The van der Waals surface area contributed by atoms with E-state index < -0.39 is 0 Å². The Labute approximate surface area is 138 Å². The Bertz CT molecular complexity index is 804. The summed E-state index contributed by atoms with van der Waals surface area (Å²) in [5, 5.41) is 6.26. The molecule has 0 aliphatic carbocycles. The van der Waals surface area contributed by atoms with Gasteiger partial charge in [-0.2, -0.15) is 0 Å². The first-order chi connectivity index (χ1) is 10.6. The summed E-state index contributed by atoms with van der Waals surface area (Å²) in [6.45, 7) is 2.70. The SMILES string of the molecule is Cc1ccsc1CNC(=O)CSc1cn(C)c2ccccc12. The van der Waals surface area contributed by atoms with Crippen molar-refractivity contribution in [2.45, 2.75) is 18.4 Å². The third-order valence-electron chi connectivity index (χ3n) is 3.63. The number of para-hydroxylation sites is 1. The number of carbonyl (C=O) groups excluding carboxylic acids is 1. The minimum absolute atomic E-state index is 0.0748. The molecule has 114 valence electrons. The van der Waals surface area contributed by atoms with E-state index in [1.807, 2.05) is 19.2 Å². The van der Waals surface area contributed by atoms with E-state index >= 15 is 0 Å². The Balaban J connectivity index is 1.59. The number of carbonyl (C=O) groups is 1. The van der Waals surface area contributed by atoms with Gasteiger partial charge >= 0.3 is 0 Å². The highest BCUT2D eigenvalue weighted by molar-refractivity contribution is 8.00. The van der Waals surface area contributed by atoms with Crippen LogP contribution in [0.3, 0.4) is 0 Å². The predicted octanol–water partition coefficient (Wildman–Crippen LogP) is 3.96. The number of hydrogen-bond donors (Lipinski definition) is 1. The van der Waals surface area contributed by atoms with Gasteiger partial charge in [-0.3, -0.25) is 4.79 Å². The van der Waals surface area contributed by atoms with E-state index in [0.717, 1.165) is 4.90 Å². The maximum Gasteiger partial charge on any atom is 0.230 e. The number of aromatic nitrogens is 1. The number of nitrogens with one attached hydrogen (secondary N) is 1. The molecule has 0 aliphatic heterocycles. The van der Waals surface area contributed by atoms with Gasteiger partial charge in [-0.25, -0.2) is 0 Å². The molecule has 22 heavy (non-hydrogen) atoms. The first-order valence-corrected chi connectivity index (χ1v) is 8.98. The van der Waals surface area contributed by atoms with Crippen LogP contribution < -0.4 is 5.32 Å². The normalized spacial score (nSPS) is 11.0. The highest BCUT2D eigenvalue weighted by Crippen LogP contribution is 2.29. The predicted molar refractivity (Wildman–Crippen MR) is 94.5 cm³/mol. The summed E-state index contributed by atoms with van der Waals surface area (Å²) >= 11 is 3.28. The maximum atomic E-state index is 12.0. The minimum atomic E-state index is 0.0748. The van der Waals surface area contributed by atoms with Gasteiger partial charge < -0.3 is 9.88 Å². The van der Waals surface area contributed by atoms with Crippen molar-refractivity contribution in [2.75, 3.05) is 5.75 Å². The summed E-state index contributed by atoms with van der Waals surface area (Å²) in [6, 6.07) is 10.3. The van der Waals surface area contributed by atoms with Crippen LogP contribution in [0.2, 0.25) is 0 Å². The van der Waals surface area contributed by atoms with Gasteiger partial charge in [0.05, 0.1) is 12.3 Å². The third kappa shape index (κ3) is 3.20. The molecule has 0 radical (unpaired) electrons. The molecule has 1 N–H and O–H groups in total. The summed E-state index contributed by atoms with van der Waals surface area (Å²) in [6.07, 6.45) is 2.09. The van der Waals surface area contributed by atoms with Crippen molar-refractivity contribution < 1.29 is 4.79 Å². The monoisotopic (exact) mass is 330 g/mol. The molecule has 0 atom stereocenters. The first kappa shape index (κ1) is 15.2. The second-order valence-electron chi connectivity index (χ2n) is 5.21. The summed E-state index contributed by atoms with van der Waals surface area (Å²) in [5.74, 6) is 0.518. The lowest BCUT2D eigenvalue weighted by Crippen LogP contribution is -2.24. The summed E-state index contributed by atoms with van der Waals surface area (Å²) < 4.78 is 2.10. The summed E-state index contributed by atoms with van der Waals surface area (Å²) in [5.41, 5.74) is 2.44. The second-order valence-corrected chi connectivity index (χ2v) is 7.23. The highest BCUT2D eigenvalue weighted by atomic mass is 32.2. The molecule has 0 spiro atoms. The van der Waals surface area contributed by atoms with Crippen LogP contribution >= 0.6 is 23.1 Å². The number of benzene rings is 1. The van der Waals surface area contributed by atoms with E-state index in [0.29, 0.717) is 12.3 Å². The van der Waals surface area contributed by atoms with E-state index in [1.54, 1.807) is 23.1 Å². The van der Waals surface area contributed by atoms with Crippen LogP contribution in [-0.4, -0.2) is 16.2 Å². The maximum absolute atomic E-state index is 12.0. The Kier molecular flexibility index (Phi) is 4.55. The molecule has 3 rings (SSSR count). The number of amides is 1. The molecule has 0 aliphatic rings.